The highest BCUT2D eigenvalue weighted by Crippen LogP contribution is 2.26. The van der Waals surface area contributed by atoms with Gasteiger partial charge >= 0.3 is 0 Å². The number of pyridine rings is 1. The lowest BCUT2D eigenvalue weighted by Crippen LogP contribution is -2.49. The first-order valence-corrected chi connectivity index (χ1v) is 7.82. The number of carbonyl (C=O) groups excluding carboxylic acids is 1. The Kier molecular flexibility index (Phi) is 10.2. The first-order chi connectivity index (χ1) is 9.97. The molecule has 2 N–H and O–H groups in total. The van der Waals surface area contributed by atoms with Gasteiger partial charge in [-0.1, -0.05) is 23.2 Å². The number of rotatable bonds is 4. The lowest BCUT2D eigenvalue weighted by molar-refractivity contribution is -0.131. The number of halogens is 4. The topological polar surface area (TPSA) is 62.5 Å². The van der Waals surface area contributed by atoms with Crippen LogP contribution in [0.2, 0.25) is 10.0 Å². The zero-order valence-corrected chi connectivity index (χ0v) is 16.0. The molecular formula is C14H22Cl4N4O. The van der Waals surface area contributed by atoms with Gasteiger partial charge in [0, 0.05) is 44.8 Å². The van der Waals surface area contributed by atoms with Crippen LogP contribution in [0.15, 0.2) is 12.3 Å². The maximum atomic E-state index is 12.1. The molecule has 0 spiro atoms. The second-order valence-electron chi connectivity index (χ2n) is 5.34. The average molecular weight is 404 g/mol. The van der Waals surface area contributed by atoms with Crippen molar-refractivity contribution >= 4 is 59.7 Å². The van der Waals surface area contributed by atoms with Gasteiger partial charge in [0.15, 0.2) is 0 Å². The van der Waals surface area contributed by atoms with E-state index in [-0.39, 0.29) is 36.8 Å². The zero-order valence-electron chi connectivity index (χ0n) is 12.9. The van der Waals surface area contributed by atoms with Crippen molar-refractivity contribution in [1.82, 2.24) is 9.88 Å². The van der Waals surface area contributed by atoms with Crippen molar-refractivity contribution < 1.29 is 4.79 Å². The summed E-state index contributed by atoms with van der Waals surface area (Å²) in [5.74, 6) is 0.894. The Bertz CT molecular complexity index is 508. The minimum atomic E-state index is 0. The molecular weight excluding hydrogens is 382 g/mol. The van der Waals surface area contributed by atoms with Crippen LogP contribution < -0.4 is 10.6 Å². The minimum absolute atomic E-state index is 0. The van der Waals surface area contributed by atoms with Gasteiger partial charge in [0.2, 0.25) is 5.91 Å². The van der Waals surface area contributed by atoms with E-state index < -0.39 is 0 Å². The van der Waals surface area contributed by atoms with Gasteiger partial charge in [0.1, 0.15) is 5.82 Å². The SMILES string of the molecule is CC(N)CCC(=O)N1CCN(c2ncc(Cl)cc2Cl)CC1.Cl.Cl. The molecule has 1 amide bonds. The van der Waals surface area contributed by atoms with Gasteiger partial charge in [0.25, 0.3) is 0 Å². The molecule has 1 atom stereocenters. The number of carbonyl (C=O) groups is 1. The van der Waals surface area contributed by atoms with Gasteiger partial charge < -0.3 is 15.5 Å². The molecule has 0 aliphatic carbocycles. The van der Waals surface area contributed by atoms with E-state index in [4.69, 9.17) is 28.9 Å². The maximum Gasteiger partial charge on any atom is 0.222 e. The molecule has 23 heavy (non-hydrogen) atoms. The van der Waals surface area contributed by atoms with Crippen LogP contribution in [0.25, 0.3) is 0 Å². The molecule has 1 aromatic rings. The molecule has 5 nitrogen and oxygen atoms in total. The van der Waals surface area contributed by atoms with Crippen LogP contribution in [0, 0.1) is 0 Å². The van der Waals surface area contributed by atoms with E-state index in [0.717, 1.165) is 25.3 Å². The Labute approximate surface area is 159 Å². The highest BCUT2D eigenvalue weighted by atomic mass is 35.5. The van der Waals surface area contributed by atoms with Crippen molar-refractivity contribution in [1.29, 1.82) is 0 Å². The minimum Gasteiger partial charge on any atom is -0.352 e. The van der Waals surface area contributed by atoms with Crippen LogP contribution in [0.4, 0.5) is 5.82 Å². The van der Waals surface area contributed by atoms with E-state index in [1.54, 1.807) is 12.3 Å². The summed E-state index contributed by atoms with van der Waals surface area (Å²) in [5, 5.41) is 1.06. The van der Waals surface area contributed by atoms with Gasteiger partial charge in [-0.2, -0.15) is 0 Å². The Hall–Kier alpha value is -0.460. The normalized spacial score (nSPS) is 15.5. The summed E-state index contributed by atoms with van der Waals surface area (Å²) in [7, 11) is 0. The molecule has 2 rings (SSSR count). The first kappa shape index (κ1) is 22.5. The largest absolute Gasteiger partial charge is 0.352 e. The Morgan fingerprint density at radius 2 is 1.91 bits per heavy atom. The molecule has 9 heteroatoms. The number of hydrogen-bond acceptors (Lipinski definition) is 4. The fraction of sp³-hybridized carbons (Fsp3) is 0.571. The van der Waals surface area contributed by atoms with Crippen LogP contribution in [-0.2, 0) is 4.79 Å². The van der Waals surface area contributed by atoms with Gasteiger partial charge in [-0.3, -0.25) is 4.79 Å². The van der Waals surface area contributed by atoms with Crippen molar-refractivity contribution in [3.63, 3.8) is 0 Å². The van der Waals surface area contributed by atoms with Crippen LogP contribution in [-0.4, -0.2) is 48.0 Å². The summed E-state index contributed by atoms with van der Waals surface area (Å²) in [6.07, 6.45) is 2.82. The third kappa shape index (κ3) is 6.51. The molecule has 132 valence electrons. The molecule has 0 saturated carbocycles. The Balaban J connectivity index is 0.00000242. The number of hydrogen-bond donors (Lipinski definition) is 1. The van der Waals surface area contributed by atoms with E-state index >= 15 is 0 Å². The molecule has 1 aromatic heterocycles. The highest BCUT2D eigenvalue weighted by molar-refractivity contribution is 6.36. The molecule has 1 aliphatic rings. The lowest BCUT2D eigenvalue weighted by atomic mass is 10.1. The van der Waals surface area contributed by atoms with Crippen LogP contribution >= 0.6 is 48.0 Å². The van der Waals surface area contributed by atoms with E-state index in [9.17, 15) is 4.79 Å². The summed E-state index contributed by atoms with van der Waals surface area (Å²) in [6, 6.07) is 1.75. The fourth-order valence-corrected chi connectivity index (χ4v) is 2.82. The molecule has 0 radical (unpaired) electrons. The number of nitrogens with zero attached hydrogens (tertiary/aromatic N) is 3. The second kappa shape index (κ2) is 10.4. The van der Waals surface area contributed by atoms with Crippen molar-refractivity contribution in [3.8, 4) is 0 Å². The summed E-state index contributed by atoms with van der Waals surface area (Å²) in [4.78, 5) is 20.3. The Morgan fingerprint density at radius 1 is 1.30 bits per heavy atom. The lowest BCUT2D eigenvalue weighted by Gasteiger charge is -2.35. The predicted molar refractivity (Wildman–Crippen MR) is 100 cm³/mol. The number of aromatic nitrogens is 1. The van der Waals surface area contributed by atoms with E-state index in [0.29, 0.717) is 29.6 Å². The molecule has 1 unspecified atom stereocenters. The maximum absolute atomic E-state index is 12.1. The van der Waals surface area contributed by atoms with Crippen molar-refractivity contribution in [2.24, 2.45) is 5.73 Å². The van der Waals surface area contributed by atoms with Crippen LogP contribution in [0.3, 0.4) is 0 Å². The van der Waals surface area contributed by atoms with E-state index in [1.807, 2.05) is 11.8 Å². The average Bonchev–Trinajstić information content (AvgIpc) is 2.45. The van der Waals surface area contributed by atoms with Crippen LogP contribution in [0.5, 0.6) is 0 Å². The summed E-state index contributed by atoms with van der Waals surface area (Å²) in [6.45, 7) is 4.72. The monoisotopic (exact) mass is 402 g/mol. The smallest absolute Gasteiger partial charge is 0.222 e. The molecule has 1 fully saturated rings. The van der Waals surface area contributed by atoms with Gasteiger partial charge in [0.05, 0.1) is 10.0 Å². The first-order valence-electron chi connectivity index (χ1n) is 7.06. The standard InChI is InChI=1S/C14H20Cl2N4O.2ClH/c1-10(17)2-3-13(21)19-4-6-20(7-5-19)14-12(16)8-11(15)9-18-14;;/h8-10H,2-7,17H2,1H3;2*1H. The number of anilines is 1. The van der Waals surface area contributed by atoms with Crippen molar-refractivity contribution in [2.75, 3.05) is 31.1 Å². The fourth-order valence-electron chi connectivity index (χ4n) is 2.32. The van der Waals surface area contributed by atoms with Gasteiger partial charge in [-0.05, 0) is 19.4 Å². The number of amides is 1. The quantitative estimate of drug-likeness (QED) is 0.839. The Morgan fingerprint density at radius 3 is 2.43 bits per heavy atom. The van der Waals surface area contributed by atoms with Crippen LogP contribution in [0.1, 0.15) is 19.8 Å². The predicted octanol–water partition coefficient (Wildman–Crippen LogP) is 3.01. The second-order valence-corrected chi connectivity index (χ2v) is 6.19. The number of piperazine rings is 1. The molecule has 0 bridgehead atoms. The van der Waals surface area contributed by atoms with Crippen molar-refractivity contribution in [2.45, 2.75) is 25.8 Å². The molecule has 1 saturated heterocycles. The third-order valence-electron chi connectivity index (χ3n) is 3.53. The number of nitrogens with two attached hydrogens (primary N) is 1. The summed E-state index contributed by atoms with van der Waals surface area (Å²) >= 11 is 12.0. The van der Waals surface area contributed by atoms with Crippen molar-refractivity contribution in [3.05, 3.63) is 22.3 Å². The molecule has 2 heterocycles. The summed E-state index contributed by atoms with van der Waals surface area (Å²) < 4.78 is 0. The summed E-state index contributed by atoms with van der Waals surface area (Å²) in [5.41, 5.74) is 5.68. The van der Waals surface area contributed by atoms with E-state index in [2.05, 4.69) is 9.88 Å². The van der Waals surface area contributed by atoms with Gasteiger partial charge in [-0.25, -0.2) is 4.98 Å². The van der Waals surface area contributed by atoms with Gasteiger partial charge in [-0.15, -0.1) is 24.8 Å². The molecule has 0 aromatic carbocycles. The highest BCUT2D eigenvalue weighted by Gasteiger charge is 2.23. The third-order valence-corrected chi connectivity index (χ3v) is 4.02. The van der Waals surface area contributed by atoms with E-state index in [1.165, 1.54) is 0 Å². The molecule has 1 aliphatic heterocycles. The zero-order chi connectivity index (χ0) is 15.4.